The summed E-state index contributed by atoms with van der Waals surface area (Å²) in [5.41, 5.74) is -0.746. The van der Waals surface area contributed by atoms with Crippen molar-refractivity contribution in [1.82, 2.24) is 0 Å². The second-order valence-corrected chi connectivity index (χ2v) is 6.62. The van der Waals surface area contributed by atoms with Gasteiger partial charge in [-0.05, 0) is 42.5 Å². The minimum Gasteiger partial charge on any atom is -0.457 e. The first-order valence-corrected chi connectivity index (χ1v) is 8.84. The Morgan fingerprint density at radius 1 is 0.933 bits per heavy atom. The van der Waals surface area contributed by atoms with Crippen LogP contribution >= 0.6 is 0 Å². The number of fused-ring (bicyclic) bond motifs is 3. The summed E-state index contributed by atoms with van der Waals surface area (Å²) in [5.74, 6) is -0.0395. The van der Waals surface area contributed by atoms with E-state index in [1.54, 1.807) is 24.3 Å². The molecule has 8 heteroatoms. The molecule has 0 aliphatic rings. The fourth-order valence-electron chi connectivity index (χ4n) is 3.13. The average Bonchev–Trinajstić information content (AvgIpc) is 2.67. The predicted octanol–water partition coefficient (Wildman–Crippen LogP) is 5.72. The van der Waals surface area contributed by atoms with Crippen molar-refractivity contribution in [3.05, 3.63) is 76.6 Å². The van der Waals surface area contributed by atoms with E-state index in [0.717, 1.165) is 12.1 Å². The predicted molar refractivity (Wildman–Crippen MR) is 106 cm³/mol. The molecule has 0 spiro atoms. The maximum Gasteiger partial charge on any atom is 0.416 e. The van der Waals surface area contributed by atoms with E-state index < -0.39 is 17.4 Å². The molecule has 4 rings (SSSR count). The molecule has 0 aliphatic carbocycles. The molecule has 0 aliphatic heterocycles. The fourth-order valence-corrected chi connectivity index (χ4v) is 3.13. The first kappa shape index (κ1) is 19.5. The van der Waals surface area contributed by atoms with Crippen LogP contribution in [0.3, 0.4) is 0 Å². The summed E-state index contributed by atoms with van der Waals surface area (Å²) in [5, 5.41) is 4.13. The van der Waals surface area contributed by atoms with E-state index in [9.17, 15) is 22.8 Å². The number of rotatable bonds is 3. The quantitative estimate of drug-likeness (QED) is 0.345. The molecule has 0 radical (unpaired) electrons. The zero-order valence-electron chi connectivity index (χ0n) is 15.5. The van der Waals surface area contributed by atoms with Crippen LogP contribution in [0.25, 0.3) is 21.7 Å². The normalized spacial score (nSPS) is 11.6. The van der Waals surface area contributed by atoms with E-state index in [-0.39, 0.29) is 23.0 Å². The lowest BCUT2D eigenvalue weighted by molar-refractivity contribution is -0.137. The Kier molecular flexibility index (Phi) is 4.69. The van der Waals surface area contributed by atoms with Gasteiger partial charge in [0.2, 0.25) is 5.91 Å². The number of hydrogen-bond donors (Lipinski definition) is 1. The summed E-state index contributed by atoms with van der Waals surface area (Å²) >= 11 is 0. The van der Waals surface area contributed by atoms with Gasteiger partial charge in [-0.2, -0.15) is 13.2 Å². The Hall–Kier alpha value is -3.81. The van der Waals surface area contributed by atoms with Crippen molar-refractivity contribution in [2.75, 3.05) is 5.32 Å². The lowest BCUT2D eigenvalue weighted by Crippen LogP contribution is -2.07. The lowest BCUT2D eigenvalue weighted by Gasteiger charge is -2.11. The second kappa shape index (κ2) is 7.22. The SMILES string of the molecule is CC(=O)Nc1ccc2c(c1)c(=O)oc1cc(Oc3cccc(C(F)(F)F)c3)ccc12. The van der Waals surface area contributed by atoms with Crippen LogP contribution in [0, 0.1) is 0 Å². The van der Waals surface area contributed by atoms with Crippen LogP contribution in [0.4, 0.5) is 18.9 Å². The van der Waals surface area contributed by atoms with Gasteiger partial charge in [-0.3, -0.25) is 4.79 Å². The first-order valence-electron chi connectivity index (χ1n) is 8.84. The highest BCUT2D eigenvalue weighted by Gasteiger charge is 2.30. The van der Waals surface area contributed by atoms with E-state index in [1.807, 2.05) is 0 Å². The van der Waals surface area contributed by atoms with Gasteiger partial charge in [0.15, 0.2) is 0 Å². The molecule has 0 saturated heterocycles. The molecule has 1 amide bonds. The number of nitrogens with one attached hydrogen (secondary N) is 1. The number of carbonyl (C=O) groups excluding carboxylic acids is 1. The molecule has 4 aromatic rings. The molecule has 0 saturated carbocycles. The van der Waals surface area contributed by atoms with Gasteiger partial charge in [0, 0.05) is 29.4 Å². The summed E-state index contributed by atoms with van der Waals surface area (Å²) in [6.07, 6.45) is -4.48. The molecule has 1 aromatic heterocycles. The largest absolute Gasteiger partial charge is 0.457 e. The molecule has 5 nitrogen and oxygen atoms in total. The molecule has 0 unspecified atom stereocenters. The number of ether oxygens (including phenoxy) is 1. The third-order valence-electron chi connectivity index (χ3n) is 4.40. The monoisotopic (exact) mass is 413 g/mol. The van der Waals surface area contributed by atoms with Gasteiger partial charge in [-0.1, -0.05) is 12.1 Å². The summed E-state index contributed by atoms with van der Waals surface area (Å²) in [4.78, 5) is 23.6. The van der Waals surface area contributed by atoms with Crippen molar-refractivity contribution >= 4 is 33.3 Å². The summed E-state index contributed by atoms with van der Waals surface area (Å²) in [7, 11) is 0. The summed E-state index contributed by atoms with van der Waals surface area (Å²) in [6.45, 7) is 1.36. The van der Waals surface area contributed by atoms with Gasteiger partial charge in [0.1, 0.15) is 17.1 Å². The van der Waals surface area contributed by atoms with Crippen molar-refractivity contribution in [2.45, 2.75) is 13.1 Å². The van der Waals surface area contributed by atoms with Gasteiger partial charge in [-0.25, -0.2) is 4.79 Å². The Balaban J connectivity index is 1.74. The molecule has 3 aromatic carbocycles. The van der Waals surface area contributed by atoms with E-state index >= 15 is 0 Å². The molecule has 0 fully saturated rings. The maximum atomic E-state index is 12.9. The van der Waals surface area contributed by atoms with Crippen molar-refractivity contribution in [3.8, 4) is 11.5 Å². The number of alkyl halides is 3. The van der Waals surface area contributed by atoms with Crippen LogP contribution in [-0.4, -0.2) is 5.91 Å². The van der Waals surface area contributed by atoms with Crippen molar-refractivity contribution < 1.29 is 27.1 Å². The summed E-state index contributed by atoms with van der Waals surface area (Å²) < 4.78 is 49.5. The molecule has 1 heterocycles. The van der Waals surface area contributed by atoms with Crippen LogP contribution in [0.1, 0.15) is 12.5 Å². The average molecular weight is 413 g/mol. The van der Waals surface area contributed by atoms with E-state index in [2.05, 4.69) is 5.32 Å². The standard InChI is InChI=1S/C22H14F3NO4/c1-12(27)26-14-5-7-17-18-8-6-16(11-20(18)30-21(28)19(17)10-14)29-15-4-2-3-13(9-15)22(23,24)25/h2-11H,1H3,(H,26,27). The van der Waals surface area contributed by atoms with Crippen LogP contribution < -0.4 is 15.7 Å². The summed E-state index contributed by atoms with van der Waals surface area (Å²) in [6, 6.07) is 14.0. The second-order valence-electron chi connectivity index (χ2n) is 6.62. The highest BCUT2D eigenvalue weighted by Crippen LogP contribution is 2.34. The van der Waals surface area contributed by atoms with E-state index in [1.165, 1.54) is 31.2 Å². The van der Waals surface area contributed by atoms with Crippen LogP contribution in [-0.2, 0) is 11.0 Å². The van der Waals surface area contributed by atoms with Gasteiger partial charge in [0.25, 0.3) is 0 Å². The van der Waals surface area contributed by atoms with Gasteiger partial charge >= 0.3 is 11.8 Å². The van der Waals surface area contributed by atoms with E-state index in [4.69, 9.17) is 9.15 Å². The molecule has 1 N–H and O–H groups in total. The highest BCUT2D eigenvalue weighted by atomic mass is 19.4. The Labute approximate surface area is 167 Å². The molecular weight excluding hydrogens is 399 g/mol. The number of amides is 1. The fraction of sp³-hybridized carbons (Fsp3) is 0.0909. The van der Waals surface area contributed by atoms with Crippen molar-refractivity contribution in [1.29, 1.82) is 0 Å². The highest BCUT2D eigenvalue weighted by molar-refractivity contribution is 6.06. The molecule has 152 valence electrons. The van der Waals surface area contributed by atoms with Gasteiger partial charge in [-0.15, -0.1) is 0 Å². The number of halogens is 3. The molecule has 0 atom stereocenters. The van der Waals surface area contributed by atoms with Gasteiger partial charge < -0.3 is 14.5 Å². The first-order chi connectivity index (χ1) is 14.2. The molecular formula is C22H14F3NO4. The zero-order valence-corrected chi connectivity index (χ0v) is 15.5. The smallest absolute Gasteiger partial charge is 0.416 e. The number of carbonyl (C=O) groups is 1. The minimum absolute atomic E-state index is 0.00672. The Bertz CT molecular complexity index is 1340. The molecule has 0 bridgehead atoms. The Morgan fingerprint density at radius 3 is 2.40 bits per heavy atom. The zero-order chi connectivity index (χ0) is 21.5. The van der Waals surface area contributed by atoms with Gasteiger partial charge in [0.05, 0.1) is 10.9 Å². The number of benzene rings is 3. The number of anilines is 1. The van der Waals surface area contributed by atoms with Crippen molar-refractivity contribution in [2.24, 2.45) is 0 Å². The van der Waals surface area contributed by atoms with E-state index in [0.29, 0.717) is 21.8 Å². The maximum absolute atomic E-state index is 12.9. The molecule has 30 heavy (non-hydrogen) atoms. The topological polar surface area (TPSA) is 68.5 Å². The van der Waals surface area contributed by atoms with Crippen LogP contribution in [0.2, 0.25) is 0 Å². The van der Waals surface area contributed by atoms with Crippen molar-refractivity contribution in [3.63, 3.8) is 0 Å². The third kappa shape index (κ3) is 3.84. The Morgan fingerprint density at radius 2 is 1.67 bits per heavy atom. The third-order valence-corrected chi connectivity index (χ3v) is 4.40. The minimum atomic E-state index is -4.48. The lowest BCUT2D eigenvalue weighted by atomic mass is 10.1. The number of hydrogen-bond acceptors (Lipinski definition) is 4. The van der Waals surface area contributed by atoms with Crippen LogP contribution in [0.5, 0.6) is 11.5 Å². The van der Waals surface area contributed by atoms with Crippen LogP contribution in [0.15, 0.2) is 69.9 Å².